The third-order valence-electron chi connectivity index (χ3n) is 2.95. The predicted molar refractivity (Wildman–Crippen MR) is 62.0 cm³/mol. The molecule has 1 atom stereocenters. The van der Waals surface area contributed by atoms with Crippen molar-refractivity contribution < 1.29 is 18.3 Å². The van der Waals surface area contributed by atoms with Crippen LogP contribution in [-0.2, 0) is 14.9 Å². The van der Waals surface area contributed by atoms with E-state index in [0.29, 0.717) is 5.56 Å². The van der Waals surface area contributed by atoms with Gasteiger partial charge in [-0.3, -0.25) is 4.79 Å². The normalized spacial score (nSPS) is 25.4. The number of halogens is 3. The molecule has 1 saturated carbocycles. The molecule has 0 saturated heterocycles. The van der Waals surface area contributed by atoms with Crippen molar-refractivity contribution in [1.29, 1.82) is 0 Å². The monoisotopic (exact) mass is 304 g/mol. The molecule has 1 aromatic rings. The Kier molecular flexibility index (Phi) is 2.97. The largest absolute Gasteiger partial charge is 0.465 e. The molecule has 1 aromatic carbocycles. The number of ether oxygens (including phenoxy) is 1. The molecule has 0 aliphatic heterocycles. The van der Waals surface area contributed by atoms with Crippen LogP contribution in [0.2, 0.25) is 0 Å². The van der Waals surface area contributed by atoms with Crippen LogP contribution in [-0.4, -0.2) is 18.5 Å². The lowest BCUT2D eigenvalue weighted by atomic mass is 9.95. The van der Waals surface area contributed by atoms with Gasteiger partial charge in [0.1, 0.15) is 0 Å². The van der Waals surface area contributed by atoms with Gasteiger partial charge in [0.25, 0.3) is 5.92 Å². The summed E-state index contributed by atoms with van der Waals surface area (Å²) in [6.45, 7) is 1.71. The quantitative estimate of drug-likeness (QED) is 0.801. The van der Waals surface area contributed by atoms with E-state index in [2.05, 4.69) is 15.9 Å². The van der Waals surface area contributed by atoms with Crippen molar-refractivity contribution in [3.8, 4) is 0 Å². The van der Waals surface area contributed by atoms with E-state index >= 15 is 0 Å². The van der Waals surface area contributed by atoms with E-state index in [9.17, 15) is 13.6 Å². The van der Waals surface area contributed by atoms with E-state index < -0.39 is 23.7 Å². The number of carbonyl (C=O) groups excluding carboxylic acids is 1. The van der Waals surface area contributed by atoms with Gasteiger partial charge in [-0.25, -0.2) is 8.78 Å². The summed E-state index contributed by atoms with van der Waals surface area (Å²) >= 11 is 3.23. The van der Waals surface area contributed by atoms with Gasteiger partial charge in [-0.1, -0.05) is 28.1 Å². The Hall–Kier alpha value is -0.970. The van der Waals surface area contributed by atoms with Gasteiger partial charge in [0.15, 0.2) is 5.41 Å². The second-order valence-electron chi connectivity index (χ2n) is 4.01. The molecule has 1 aliphatic rings. The molecule has 2 rings (SSSR count). The number of rotatable bonds is 3. The van der Waals surface area contributed by atoms with Crippen molar-refractivity contribution in [2.45, 2.75) is 24.7 Å². The van der Waals surface area contributed by atoms with Gasteiger partial charge in [0.05, 0.1) is 6.61 Å². The molecule has 0 aromatic heterocycles. The maximum atomic E-state index is 13.5. The Morgan fingerprint density at radius 2 is 1.94 bits per heavy atom. The molecule has 5 heteroatoms. The molecule has 1 aliphatic carbocycles. The maximum Gasteiger partial charge on any atom is 0.322 e. The van der Waals surface area contributed by atoms with Crippen LogP contribution in [0.5, 0.6) is 0 Å². The van der Waals surface area contributed by atoms with Crippen molar-refractivity contribution in [2.75, 3.05) is 6.61 Å². The summed E-state index contributed by atoms with van der Waals surface area (Å²) in [7, 11) is 0. The van der Waals surface area contributed by atoms with E-state index in [-0.39, 0.29) is 6.61 Å². The molecule has 0 heterocycles. The summed E-state index contributed by atoms with van der Waals surface area (Å²) in [5, 5.41) is 0. The van der Waals surface area contributed by atoms with E-state index in [1.165, 1.54) is 12.1 Å². The molecule has 0 amide bonds. The summed E-state index contributed by atoms with van der Waals surface area (Å²) in [5.74, 6) is -3.85. The molecule has 0 radical (unpaired) electrons. The molecular formula is C12H11BrF2O2. The van der Waals surface area contributed by atoms with Crippen molar-refractivity contribution in [2.24, 2.45) is 0 Å². The zero-order valence-electron chi connectivity index (χ0n) is 9.17. The molecule has 0 bridgehead atoms. The highest BCUT2D eigenvalue weighted by molar-refractivity contribution is 9.10. The van der Waals surface area contributed by atoms with Gasteiger partial charge in [-0.2, -0.15) is 0 Å². The SMILES string of the molecule is CCOC(=O)C1(c2ccc(Br)cc2)CC1(F)F. The maximum absolute atomic E-state index is 13.5. The van der Waals surface area contributed by atoms with Crippen LogP contribution in [0.25, 0.3) is 0 Å². The number of hydrogen-bond donors (Lipinski definition) is 0. The second kappa shape index (κ2) is 4.05. The van der Waals surface area contributed by atoms with Crippen molar-refractivity contribution in [3.63, 3.8) is 0 Å². The standard InChI is InChI=1S/C12H11BrF2O2/c1-2-17-10(16)11(7-12(11,14)15)8-3-5-9(13)6-4-8/h3-6H,2,7H2,1H3. The van der Waals surface area contributed by atoms with Gasteiger partial charge < -0.3 is 4.74 Å². The number of alkyl halides is 2. The fourth-order valence-electron chi connectivity index (χ4n) is 1.93. The Morgan fingerprint density at radius 3 is 2.35 bits per heavy atom. The molecular weight excluding hydrogens is 294 g/mol. The van der Waals surface area contributed by atoms with Crippen molar-refractivity contribution in [1.82, 2.24) is 0 Å². The van der Waals surface area contributed by atoms with Gasteiger partial charge in [0, 0.05) is 10.9 Å². The van der Waals surface area contributed by atoms with Crippen LogP contribution < -0.4 is 0 Å². The summed E-state index contributed by atoms with van der Waals surface area (Å²) in [6.07, 6.45) is -0.472. The van der Waals surface area contributed by atoms with Gasteiger partial charge >= 0.3 is 5.97 Å². The molecule has 17 heavy (non-hydrogen) atoms. The first-order chi connectivity index (χ1) is 7.94. The highest BCUT2D eigenvalue weighted by Crippen LogP contribution is 2.62. The molecule has 92 valence electrons. The van der Waals surface area contributed by atoms with Gasteiger partial charge in [0.2, 0.25) is 0 Å². The molecule has 0 N–H and O–H groups in total. The van der Waals surface area contributed by atoms with E-state index in [0.717, 1.165) is 4.47 Å². The zero-order chi connectivity index (χ0) is 12.7. The summed E-state index contributed by atoms with van der Waals surface area (Å²) < 4.78 is 32.5. The summed E-state index contributed by atoms with van der Waals surface area (Å²) in [6, 6.07) is 6.35. The predicted octanol–water partition coefficient (Wildman–Crippen LogP) is 3.29. The summed E-state index contributed by atoms with van der Waals surface area (Å²) in [4.78, 5) is 11.7. The highest BCUT2D eigenvalue weighted by atomic mass is 79.9. The number of esters is 1. The minimum Gasteiger partial charge on any atom is -0.465 e. The van der Waals surface area contributed by atoms with Crippen LogP contribution in [0.4, 0.5) is 8.78 Å². The minimum absolute atomic E-state index is 0.104. The first-order valence-corrected chi connectivity index (χ1v) is 6.04. The summed E-state index contributed by atoms with van der Waals surface area (Å²) in [5.41, 5.74) is -1.46. The number of benzene rings is 1. The third kappa shape index (κ3) is 1.86. The Balaban J connectivity index is 2.37. The first-order valence-electron chi connectivity index (χ1n) is 5.25. The number of hydrogen-bond acceptors (Lipinski definition) is 2. The fourth-order valence-corrected chi connectivity index (χ4v) is 2.19. The molecule has 1 fully saturated rings. The van der Waals surface area contributed by atoms with Gasteiger partial charge in [-0.05, 0) is 24.6 Å². The van der Waals surface area contributed by atoms with Crippen LogP contribution in [0, 0.1) is 0 Å². The van der Waals surface area contributed by atoms with Crippen molar-refractivity contribution in [3.05, 3.63) is 34.3 Å². The van der Waals surface area contributed by atoms with Crippen LogP contribution in [0.15, 0.2) is 28.7 Å². The van der Waals surface area contributed by atoms with E-state index in [1.54, 1.807) is 19.1 Å². The van der Waals surface area contributed by atoms with Gasteiger partial charge in [-0.15, -0.1) is 0 Å². The Labute approximate surface area is 106 Å². The Bertz CT molecular complexity index is 444. The first kappa shape index (κ1) is 12.5. The average molecular weight is 305 g/mol. The molecule has 2 nitrogen and oxygen atoms in total. The zero-order valence-corrected chi connectivity index (χ0v) is 10.8. The van der Waals surface area contributed by atoms with E-state index in [4.69, 9.17) is 4.74 Å². The van der Waals surface area contributed by atoms with Crippen molar-refractivity contribution >= 4 is 21.9 Å². The lowest BCUT2D eigenvalue weighted by Gasteiger charge is -2.15. The molecule has 0 spiro atoms. The van der Waals surface area contributed by atoms with E-state index in [1.807, 2.05) is 0 Å². The molecule has 1 unspecified atom stereocenters. The highest BCUT2D eigenvalue weighted by Gasteiger charge is 2.77. The average Bonchev–Trinajstić information content (AvgIpc) is 2.84. The van der Waals surface area contributed by atoms with Crippen LogP contribution in [0.3, 0.4) is 0 Å². The lowest BCUT2D eigenvalue weighted by Crippen LogP contribution is -2.29. The topological polar surface area (TPSA) is 26.3 Å². The van der Waals surface area contributed by atoms with Crippen LogP contribution >= 0.6 is 15.9 Å². The lowest BCUT2D eigenvalue weighted by molar-refractivity contribution is -0.149. The third-order valence-corrected chi connectivity index (χ3v) is 3.48. The fraction of sp³-hybridized carbons (Fsp3) is 0.417. The number of carbonyl (C=O) groups is 1. The minimum atomic E-state index is -3.01. The second-order valence-corrected chi connectivity index (χ2v) is 4.93. The van der Waals surface area contributed by atoms with Crippen LogP contribution in [0.1, 0.15) is 18.9 Å². The smallest absolute Gasteiger partial charge is 0.322 e. The Morgan fingerprint density at radius 1 is 1.41 bits per heavy atom.